The highest BCUT2D eigenvalue weighted by Gasteiger charge is 2.39. The first-order valence-electron chi connectivity index (χ1n) is 4.84. The van der Waals surface area contributed by atoms with Crippen molar-refractivity contribution in [1.29, 1.82) is 0 Å². The van der Waals surface area contributed by atoms with E-state index in [1.165, 1.54) is 16.8 Å². The van der Waals surface area contributed by atoms with Crippen molar-refractivity contribution >= 4 is 22.9 Å². The van der Waals surface area contributed by atoms with Crippen molar-refractivity contribution in [3.63, 3.8) is 0 Å². The largest absolute Gasteiger partial charge is 0.338 e. The summed E-state index contributed by atoms with van der Waals surface area (Å²) in [6.07, 6.45) is 0. The first kappa shape index (κ1) is 9.66. The van der Waals surface area contributed by atoms with Crippen LogP contribution < -0.4 is 4.90 Å². The number of hydrogen-bond donors (Lipinski definition) is 0. The molecule has 0 atom stereocenters. The Balaban J connectivity index is 2.75. The van der Waals surface area contributed by atoms with Crippen LogP contribution in [0.2, 0.25) is 0 Å². The van der Waals surface area contributed by atoms with E-state index in [1.807, 2.05) is 0 Å². The molecule has 0 unspecified atom stereocenters. The Labute approximate surface area is 90.7 Å². The predicted molar refractivity (Wildman–Crippen MR) is 65.2 cm³/mol. The van der Waals surface area contributed by atoms with Crippen molar-refractivity contribution in [2.24, 2.45) is 0 Å². The molecule has 0 aromatic heterocycles. The van der Waals surface area contributed by atoms with Crippen molar-refractivity contribution in [3.05, 3.63) is 29.3 Å². The summed E-state index contributed by atoms with van der Waals surface area (Å²) >= 11 is 5.47. The summed E-state index contributed by atoms with van der Waals surface area (Å²) in [6.45, 7) is 6.55. The van der Waals surface area contributed by atoms with E-state index in [0.717, 1.165) is 4.99 Å². The second-order valence-corrected chi connectivity index (χ2v) is 4.84. The lowest BCUT2D eigenvalue weighted by atomic mass is 9.84. The smallest absolute Gasteiger partial charge is 0.0923 e. The van der Waals surface area contributed by atoms with E-state index in [4.69, 9.17) is 12.2 Å². The van der Waals surface area contributed by atoms with E-state index in [0.29, 0.717) is 0 Å². The summed E-state index contributed by atoms with van der Waals surface area (Å²) in [4.78, 5) is 3.14. The molecule has 0 aliphatic carbocycles. The standard InChI is InChI=1S/C12H15NS/c1-8-6-5-7-9-10(8)12(2,3)11(14)13(9)4/h5-7H,1-4H3. The summed E-state index contributed by atoms with van der Waals surface area (Å²) in [6, 6.07) is 6.39. The Morgan fingerprint density at radius 1 is 1.29 bits per heavy atom. The van der Waals surface area contributed by atoms with Crippen molar-refractivity contribution < 1.29 is 0 Å². The van der Waals surface area contributed by atoms with Gasteiger partial charge in [-0.2, -0.15) is 0 Å². The number of fused-ring (bicyclic) bond motifs is 1. The zero-order valence-corrected chi connectivity index (χ0v) is 9.90. The van der Waals surface area contributed by atoms with Crippen molar-refractivity contribution in [2.75, 3.05) is 11.9 Å². The molecule has 14 heavy (non-hydrogen) atoms. The van der Waals surface area contributed by atoms with Gasteiger partial charge >= 0.3 is 0 Å². The van der Waals surface area contributed by atoms with E-state index >= 15 is 0 Å². The van der Waals surface area contributed by atoms with Crippen LogP contribution in [0.3, 0.4) is 0 Å². The molecule has 0 N–H and O–H groups in total. The van der Waals surface area contributed by atoms with Gasteiger partial charge in [0.15, 0.2) is 0 Å². The third-order valence-corrected chi connectivity index (χ3v) is 3.86. The Morgan fingerprint density at radius 2 is 1.93 bits per heavy atom. The molecular formula is C12H15NS. The van der Waals surface area contributed by atoms with Gasteiger partial charge in [-0.3, -0.25) is 0 Å². The van der Waals surface area contributed by atoms with Crippen molar-refractivity contribution in [3.8, 4) is 0 Å². The molecule has 1 aromatic rings. The van der Waals surface area contributed by atoms with Gasteiger partial charge in [0.2, 0.25) is 0 Å². The molecule has 74 valence electrons. The normalized spacial score (nSPS) is 18.6. The molecule has 0 amide bonds. The molecule has 0 saturated heterocycles. The lowest BCUT2D eigenvalue weighted by Crippen LogP contribution is -2.31. The van der Waals surface area contributed by atoms with Gasteiger partial charge in [-0.25, -0.2) is 0 Å². The molecule has 2 rings (SSSR count). The number of rotatable bonds is 0. The van der Waals surface area contributed by atoms with Crippen LogP contribution in [0.5, 0.6) is 0 Å². The zero-order chi connectivity index (χ0) is 10.5. The molecule has 1 aromatic carbocycles. The molecule has 1 heterocycles. The van der Waals surface area contributed by atoms with Gasteiger partial charge < -0.3 is 4.90 Å². The summed E-state index contributed by atoms with van der Waals surface area (Å²) in [5.74, 6) is 0. The highest BCUT2D eigenvalue weighted by atomic mass is 32.1. The van der Waals surface area contributed by atoms with Crippen LogP contribution in [0.15, 0.2) is 18.2 Å². The lowest BCUT2D eigenvalue weighted by molar-refractivity contribution is 0.738. The number of nitrogens with zero attached hydrogens (tertiary/aromatic N) is 1. The fraction of sp³-hybridized carbons (Fsp3) is 0.417. The average Bonchev–Trinajstić information content (AvgIpc) is 2.29. The minimum absolute atomic E-state index is 0.00472. The number of likely N-dealkylation sites (N-methyl/N-ethyl adjacent to an activating group) is 1. The molecule has 0 bridgehead atoms. The first-order valence-corrected chi connectivity index (χ1v) is 5.25. The van der Waals surface area contributed by atoms with Gasteiger partial charge in [-0.1, -0.05) is 24.4 Å². The van der Waals surface area contributed by atoms with Crippen LogP contribution in [0, 0.1) is 6.92 Å². The monoisotopic (exact) mass is 205 g/mol. The third kappa shape index (κ3) is 1.04. The topological polar surface area (TPSA) is 3.24 Å². The predicted octanol–water partition coefficient (Wildman–Crippen LogP) is 3.05. The number of aryl methyl sites for hydroxylation is 1. The van der Waals surface area contributed by atoms with Crippen molar-refractivity contribution in [1.82, 2.24) is 0 Å². The molecule has 1 nitrogen and oxygen atoms in total. The molecule has 0 saturated carbocycles. The summed E-state index contributed by atoms with van der Waals surface area (Å²) in [5.41, 5.74) is 3.98. The quantitative estimate of drug-likeness (QED) is 0.599. The second-order valence-electron chi connectivity index (χ2n) is 4.46. The van der Waals surface area contributed by atoms with Gasteiger partial charge in [0.05, 0.1) is 4.99 Å². The fourth-order valence-corrected chi connectivity index (χ4v) is 2.58. The van der Waals surface area contributed by atoms with Gasteiger partial charge in [0.25, 0.3) is 0 Å². The molecule has 2 heteroatoms. The molecule has 0 spiro atoms. The van der Waals surface area contributed by atoms with E-state index in [1.54, 1.807) is 0 Å². The maximum atomic E-state index is 5.47. The van der Waals surface area contributed by atoms with E-state index in [9.17, 15) is 0 Å². The van der Waals surface area contributed by atoms with Crippen LogP contribution in [0.25, 0.3) is 0 Å². The number of anilines is 1. The van der Waals surface area contributed by atoms with Crippen molar-refractivity contribution in [2.45, 2.75) is 26.2 Å². The fourth-order valence-electron chi connectivity index (χ4n) is 2.38. The Kier molecular flexibility index (Phi) is 1.93. The lowest BCUT2D eigenvalue weighted by Gasteiger charge is -2.21. The minimum Gasteiger partial charge on any atom is -0.338 e. The summed E-state index contributed by atoms with van der Waals surface area (Å²) in [5, 5.41) is 0. The maximum absolute atomic E-state index is 5.47. The van der Waals surface area contributed by atoms with E-state index in [2.05, 4.69) is 50.9 Å². The second kappa shape index (κ2) is 2.80. The molecule has 0 fully saturated rings. The average molecular weight is 205 g/mol. The van der Waals surface area contributed by atoms with Crippen LogP contribution in [-0.2, 0) is 5.41 Å². The molecule has 1 aliphatic heterocycles. The van der Waals surface area contributed by atoms with E-state index in [-0.39, 0.29) is 5.41 Å². The van der Waals surface area contributed by atoms with Crippen LogP contribution >= 0.6 is 12.2 Å². The maximum Gasteiger partial charge on any atom is 0.0923 e. The summed E-state index contributed by atoms with van der Waals surface area (Å²) < 4.78 is 0. The van der Waals surface area contributed by atoms with Gasteiger partial charge in [-0.05, 0) is 38.0 Å². The zero-order valence-electron chi connectivity index (χ0n) is 9.09. The van der Waals surface area contributed by atoms with Gasteiger partial charge in [0, 0.05) is 18.2 Å². The highest BCUT2D eigenvalue weighted by Crippen LogP contribution is 2.43. The first-order chi connectivity index (χ1) is 6.46. The van der Waals surface area contributed by atoms with Crippen LogP contribution in [-0.4, -0.2) is 12.0 Å². The highest BCUT2D eigenvalue weighted by molar-refractivity contribution is 7.80. The minimum atomic E-state index is 0.00472. The van der Waals surface area contributed by atoms with Gasteiger partial charge in [0.1, 0.15) is 0 Å². The summed E-state index contributed by atoms with van der Waals surface area (Å²) in [7, 11) is 2.05. The Morgan fingerprint density at radius 3 is 2.50 bits per heavy atom. The van der Waals surface area contributed by atoms with Crippen LogP contribution in [0.1, 0.15) is 25.0 Å². The molecule has 0 radical (unpaired) electrons. The Bertz CT molecular complexity index is 407. The SMILES string of the molecule is Cc1cccc2c1C(C)(C)C(=S)N2C. The molecular weight excluding hydrogens is 190 g/mol. The Hall–Kier alpha value is -0.890. The number of benzene rings is 1. The third-order valence-electron chi connectivity index (χ3n) is 3.08. The number of thiocarbonyl (C=S) groups is 1. The van der Waals surface area contributed by atoms with E-state index < -0.39 is 0 Å². The molecule has 1 aliphatic rings. The van der Waals surface area contributed by atoms with Gasteiger partial charge in [-0.15, -0.1) is 0 Å². The number of hydrogen-bond acceptors (Lipinski definition) is 1. The van der Waals surface area contributed by atoms with Crippen LogP contribution in [0.4, 0.5) is 5.69 Å².